The number of rotatable bonds is 7. The maximum atomic E-state index is 12.5. The van der Waals surface area contributed by atoms with Gasteiger partial charge in [-0.1, -0.05) is 42.5 Å². The summed E-state index contributed by atoms with van der Waals surface area (Å²) < 4.78 is 26.4. The number of carbonyl (C=O) groups is 1. The molecule has 158 valence electrons. The van der Waals surface area contributed by atoms with Gasteiger partial charge in [-0.05, 0) is 30.0 Å². The molecule has 1 fully saturated rings. The minimum absolute atomic E-state index is 0.0000262. The largest absolute Gasteiger partial charge is 0.352 e. The minimum Gasteiger partial charge on any atom is -0.352 e. The summed E-state index contributed by atoms with van der Waals surface area (Å²) in [5.74, 6) is -0.391. The van der Waals surface area contributed by atoms with Crippen molar-refractivity contribution in [3.05, 3.63) is 81.2 Å². The van der Waals surface area contributed by atoms with Gasteiger partial charge < -0.3 is 5.32 Å². The van der Waals surface area contributed by atoms with Gasteiger partial charge in [0, 0.05) is 43.1 Å². The molecule has 0 aromatic heterocycles. The number of benzene rings is 2. The van der Waals surface area contributed by atoms with Gasteiger partial charge in [-0.15, -0.1) is 0 Å². The summed E-state index contributed by atoms with van der Waals surface area (Å²) >= 11 is 0. The fourth-order valence-electron chi connectivity index (χ4n) is 3.26. The Morgan fingerprint density at radius 2 is 1.73 bits per heavy atom. The van der Waals surface area contributed by atoms with Crippen molar-refractivity contribution in [1.82, 2.24) is 9.62 Å². The summed E-state index contributed by atoms with van der Waals surface area (Å²) in [7, 11) is -3.53. The first kappa shape index (κ1) is 21.7. The molecule has 2 aromatic rings. The number of carbonyl (C=O) groups excluding carboxylic acids is 1. The maximum absolute atomic E-state index is 12.5. The molecule has 1 saturated heterocycles. The lowest BCUT2D eigenvalue weighted by atomic mass is 9.97. The molecule has 30 heavy (non-hydrogen) atoms. The van der Waals surface area contributed by atoms with Gasteiger partial charge >= 0.3 is 0 Å². The second-order valence-electron chi connectivity index (χ2n) is 7.07. The third-order valence-electron chi connectivity index (χ3n) is 5.03. The Morgan fingerprint density at radius 3 is 2.33 bits per heavy atom. The number of piperidine rings is 1. The average Bonchev–Trinajstić information content (AvgIpc) is 2.77. The fourth-order valence-corrected chi connectivity index (χ4v) is 4.48. The van der Waals surface area contributed by atoms with E-state index < -0.39 is 14.9 Å². The Morgan fingerprint density at radius 1 is 1.10 bits per heavy atom. The molecule has 0 unspecified atom stereocenters. The Balaban J connectivity index is 1.49. The van der Waals surface area contributed by atoms with Crippen LogP contribution in [-0.4, -0.2) is 36.6 Å². The van der Waals surface area contributed by atoms with Crippen LogP contribution in [0.3, 0.4) is 0 Å². The number of nitro benzene ring substituents is 1. The second kappa shape index (κ2) is 9.64. The number of nitrogens with one attached hydrogen (secondary N) is 1. The van der Waals surface area contributed by atoms with E-state index in [0.717, 1.165) is 11.1 Å². The van der Waals surface area contributed by atoms with E-state index in [-0.39, 0.29) is 37.1 Å². The molecular formula is C21H23N3O5S. The van der Waals surface area contributed by atoms with E-state index in [1.807, 2.05) is 30.3 Å². The number of amides is 1. The normalized spacial score (nSPS) is 15.9. The molecule has 0 bridgehead atoms. The topological polar surface area (TPSA) is 110 Å². The van der Waals surface area contributed by atoms with Gasteiger partial charge in [0.1, 0.15) is 0 Å². The number of non-ortho nitro benzene ring substituents is 1. The lowest BCUT2D eigenvalue weighted by Gasteiger charge is -2.29. The van der Waals surface area contributed by atoms with Crippen molar-refractivity contribution in [3.8, 4) is 0 Å². The van der Waals surface area contributed by atoms with E-state index in [1.54, 1.807) is 18.2 Å². The smallest absolute Gasteiger partial charge is 0.269 e. The standard InChI is InChI=1S/C21H23N3O5S/c25-21(22-16-18-6-8-20(9-7-18)24(26)27)19-10-13-23(14-11-19)30(28,29)15-12-17-4-2-1-3-5-17/h1-9,12,15,19H,10-11,13-14,16H2,(H,22,25)/b15-12+. The lowest BCUT2D eigenvalue weighted by Crippen LogP contribution is -2.42. The molecule has 8 nitrogen and oxygen atoms in total. The Bertz CT molecular complexity index is 1010. The number of hydrogen-bond acceptors (Lipinski definition) is 5. The first-order valence-corrected chi connectivity index (χ1v) is 11.1. The number of nitrogens with zero attached hydrogens (tertiary/aromatic N) is 2. The van der Waals surface area contributed by atoms with Gasteiger partial charge in [-0.25, -0.2) is 8.42 Å². The van der Waals surface area contributed by atoms with Gasteiger partial charge in [0.25, 0.3) is 5.69 Å². The van der Waals surface area contributed by atoms with Crippen LogP contribution in [-0.2, 0) is 21.4 Å². The fraction of sp³-hybridized carbons (Fsp3) is 0.286. The van der Waals surface area contributed by atoms with Crippen molar-refractivity contribution < 1.29 is 18.1 Å². The summed E-state index contributed by atoms with van der Waals surface area (Å²) in [5.41, 5.74) is 1.57. The third kappa shape index (κ3) is 5.74. The van der Waals surface area contributed by atoms with Gasteiger partial charge in [-0.3, -0.25) is 14.9 Å². The Kier molecular flexibility index (Phi) is 6.96. The van der Waals surface area contributed by atoms with Crippen molar-refractivity contribution in [3.63, 3.8) is 0 Å². The van der Waals surface area contributed by atoms with Crippen molar-refractivity contribution in [2.24, 2.45) is 5.92 Å². The van der Waals surface area contributed by atoms with Gasteiger partial charge in [0.15, 0.2) is 0 Å². The van der Waals surface area contributed by atoms with E-state index in [2.05, 4.69) is 5.32 Å². The molecule has 1 heterocycles. The maximum Gasteiger partial charge on any atom is 0.269 e. The molecule has 1 aliphatic heterocycles. The van der Waals surface area contributed by atoms with Crippen molar-refractivity contribution in [2.75, 3.05) is 13.1 Å². The molecule has 2 aromatic carbocycles. The van der Waals surface area contributed by atoms with E-state index in [0.29, 0.717) is 12.8 Å². The first-order valence-electron chi connectivity index (χ1n) is 9.59. The average molecular weight is 429 g/mol. The van der Waals surface area contributed by atoms with Crippen LogP contribution in [0.25, 0.3) is 6.08 Å². The number of hydrogen-bond donors (Lipinski definition) is 1. The van der Waals surface area contributed by atoms with Crippen molar-refractivity contribution in [2.45, 2.75) is 19.4 Å². The van der Waals surface area contributed by atoms with Gasteiger partial charge in [-0.2, -0.15) is 4.31 Å². The highest BCUT2D eigenvalue weighted by molar-refractivity contribution is 7.92. The van der Waals surface area contributed by atoms with E-state index in [1.165, 1.54) is 21.8 Å². The van der Waals surface area contributed by atoms with Crippen LogP contribution in [0, 0.1) is 16.0 Å². The van der Waals surface area contributed by atoms with E-state index >= 15 is 0 Å². The third-order valence-corrected chi connectivity index (χ3v) is 6.60. The summed E-state index contributed by atoms with van der Waals surface area (Å²) in [6, 6.07) is 15.2. The van der Waals surface area contributed by atoms with Crippen LogP contribution < -0.4 is 5.32 Å². The molecular weight excluding hydrogens is 406 g/mol. The molecule has 0 atom stereocenters. The molecule has 1 aliphatic rings. The predicted octanol–water partition coefficient (Wildman–Crippen LogP) is 2.92. The van der Waals surface area contributed by atoms with Crippen LogP contribution in [0.5, 0.6) is 0 Å². The molecule has 9 heteroatoms. The molecule has 1 amide bonds. The van der Waals surface area contributed by atoms with Crippen LogP contribution in [0.1, 0.15) is 24.0 Å². The predicted molar refractivity (Wildman–Crippen MR) is 114 cm³/mol. The zero-order valence-corrected chi connectivity index (χ0v) is 17.1. The molecule has 0 aliphatic carbocycles. The molecule has 1 N–H and O–H groups in total. The van der Waals surface area contributed by atoms with E-state index in [4.69, 9.17) is 0 Å². The summed E-state index contributed by atoms with van der Waals surface area (Å²) in [4.78, 5) is 22.6. The zero-order valence-electron chi connectivity index (χ0n) is 16.3. The number of sulfonamides is 1. The van der Waals surface area contributed by atoms with Crippen LogP contribution >= 0.6 is 0 Å². The van der Waals surface area contributed by atoms with Crippen molar-refractivity contribution in [1.29, 1.82) is 0 Å². The summed E-state index contributed by atoms with van der Waals surface area (Å²) in [6.45, 7) is 0.851. The monoisotopic (exact) mass is 429 g/mol. The first-order chi connectivity index (χ1) is 14.3. The molecule has 0 saturated carbocycles. The minimum atomic E-state index is -3.53. The quantitative estimate of drug-likeness (QED) is 0.538. The SMILES string of the molecule is O=C(NCc1ccc([N+](=O)[O-])cc1)C1CCN(S(=O)(=O)/C=C/c2ccccc2)CC1. The second-order valence-corrected chi connectivity index (χ2v) is 8.89. The number of nitro groups is 1. The van der Waals surface area contributed by atoms with Crippen LogP contribution in [0.2, 0.25) is 0 Å². The Hall–Kier alpha value is -3.04. The summed E-state index contributed by atoms with van der Waals surface area (Å²) in [5, 5.41) is 14.7. The van der Waals surface area contributed by atoms with E-state index in [9.17, 15) is 23.3 Å². The van der Waals surface area contributed by atoms with Crippen LogP contribution in [0.4, 0.5) is 5.69 Å². The zero-order chi connectivity index (χ0) is 21.6. The van der Waals surface area contributed by atoms with Crippen molar-refractivity contribution >= 4 is 27.7 Å². The lowest BCUT2D eigenvalue weighted by molar-refractivity contribution is -0.384. The highest BCUT2D eigenvalue weighted by atomic mass is 32.2. The summed E-state index contributed by atoms with van der Waals surface area (Å²) in [6.07, 6.45) is 2.47. The molecule has 0 radical (unpaired) electrons. The highest BCUT2D eigenvalue weighted by Crippen LogP contribution is 2.21. The highest BCUT2D eigenvalue weighted by Gasteiger charge is 2.29. The molecule has 0 spiro atoms. The van der Waals surface area contributed by atoms with Gasteiger partial charge in [0.2, 0.25) is 15.9 Å². The Labute approximate surface area is 175 Å². The van der Waals surface area contributed by atoms with Crippen LogP contribution in [0.15, 0.2) is 60.0 Å². The van der Waals surface area contributed by atoms with Gasteiger partial charge in [0.05, 0.1) is 4.92 Å². The molecule has 3 rings (SSSR count).